The van der Waals surface area contributed by atoms with Gasteiger partial charge in [-0.1, -0.05) is 12.1 Å². The van der Waals surface area contributed by atoms with Crippen molar-refractivity contribution >= 4 is 21.6 Å². The van der Waals surface area contributed by atoms with Crippen molar-refractivity contribution < 1.29 is 4.74 Å². The van der Waals surface area contributed by atoms with E-state index in [1.165, 1.54) is 28.8 Å². The lowest BCUT2D eigenvalue weighted by molar-refractivity contribution is 0.414. The van der Waals surface area contributed by atoms with Gasteiger partial charge in [-0.2, -0.15) is 0 Å². The fraction of sp³-hybridized carbons (Fsp3) is 0.455. The van der Waals surface area contributed by atoms with Gasteiger partial charge in [-0.3, -0.25) is 9.36 Å². The average Bonchev–Trinajstić information content (AvgIpc) is 3.45. The molecule has 5 nitrogen and oxygen atoms in total. The van der Waals surface area contributed by atoms with Crippen molar-refractivity contribution in [1.29, 1.82) is 0 Å². The zero-order valence-corrected chi connectivity index (χ0v) is 16.9. The van der Waals surface area contributed by atoms with Gasteiger partial charge in [0.1, 0.15) is 10.6 Å². The van der Waals surface area contributed by atoms with Crippen LogP contribution in [-0.4, -0.2) is 28.7 Å². The highest BCUT2D eigenvalue weighted by atomic mass is 32.1. The number of fused-ring (bicyclic) bond motifs is 3. The molecule has 2 aliphatic rings. The van der Waals surface area contributed by atoms with Gasteiger partial charge >= 0.3 is 0 Å². The summed E-state index contributed by atoms with van der Waals surface area (Å²) >= 11 is 1.71. The molecule has 1 saturated carbocycles. The largest absolute Gasteiger partial charge is 0.497 e. The molecular weight excluding hydrogens is 370 g/mol. The number of methoxy groups -OCH3 is 1. The van der Waals surface area contributed by atoms with Crippen LogP contribution in [0.3, 0.4) is 0 Å². The lowest BCUT2D eigenvalue weighted by Gasteiger charge is -2.23. The van der Waals surface area contributed by atoms with Crippen LogP contribution in [0, 0.1) is 0 Å². The Morgan fingerprint density at radius 2 is 2.04 bits per heavy atom. The van der Waals surface area contributed by atoms with Gasteiger partial charge in [0.05, 0.1) is 18.8 Å². The van der Waals surface area contributed by atoms with Crippen LogP contribution in [0.2, 0.25) is 0 Å². The van der Waals surface area contributed by atoms with Crippen LogP contribution >= 0.6 is 11.3 Å². The summed E-state index contributed by atoms with van der Waals surface area (Å²) in [7, 11) is 1.67. The molecule has 28 heavy (non-hydrogen) atoms. The van der Waals surface area contributed by atoms with E-state index in [1.54, 1.807) is 29.3 Å². The molecule has 0 bridgehead atoms. The number of aromatic nitrogens is 2. The molecule has 1 fully saturated rings. The zero-order valence-electron chi connectivity index (χ0n) is 16.1. The van der Waals surface area contributed by atoms with E-state index in [-0.39, 0.29) is 5.56 Å². The molecule has 3 aromatic rings. The normalized spacial score (nSPS) is 19.0. The minimum Gasteiger partial charge on any atom is -0.497 e. The highest BCUT2D eigenvalue weighted by Gasteiger charge is 2.29. The van der Waals surface area contributed by atoms with E-state index in [9.17, 15) is 4.79 Å². The molecule has 146 valence electrons. The predicted molar refractivity (Wildman–Crippen MR) is 113 cm³/mol. The summed E-state index contributed by atoms with van der Waals surface area (Å²) in [6.45, 7) is 0.643. The summed E-state index contributed by atoms with van der Waals surface area (Å²) in [5.74, 6) is 0.850. The van der Waals surface area contributed by atoms with E-state index in [1.807, 2.05) is 12.1 Å². The fourth-order valence-electron chi connectivity index (χ4n) is 4.13. The second-order valence-electron chi connectivity index (χ2n) is 7.91. The molecule has 5 rings (SSSR count). The Balaban J connectivity index is 1.37. The molecule has 2 aromatic heterocycles. The van der Waals surface area contributed by atoms with Crippen molar-refractivity contribution in [2.45, 2.75) is 57.2 Å². The molecule has 2 heterocycles. The van der Waals surface area contributed by atoms with Crippen LogP contribution in [0.5, 0.6) is 5.75 Å². The molecule has 2 aliphatic carbocycles. The van der Waals surface area contributed by atoms with Crippen LogP contribution in [0.1, 0.15) is 35.3 Å². The van der Waals surface area contributed by atoms with Gasteiger partial charge in [-0.05, 0) is 61.8 Å². The summed E-state index contributed by atoms with van der Waals surface area (Å²) in [5, 5.41) is 4.61. The van der Waals surface area contributed by atoms with Gasteiger partial charge in [0, 0.05) is 23.5 Å². The van der Waals surface area contributed by atoms with E-state index < -0.39 is 0 Å². The number of aryl methyl sites for hydroxylation is 3. The molecule has 0 aliphatic heterocycles. The number of hydrogen-bond donors (Lipinski definition) is 1. The van der Waals surface area contributed by atoms with Gasteiger partial charge in [-0.25, -0.2) is 4.98 Å². The van der Waals surface area contributed by atoms with Gasteiger partial charge in [-0.15, -0.1) is 11.3 Å². The van der Waals surface area contributed by atoms with E-state index in [4.69, 9.17) is 4.74 Å². The Hall–Kier alpha value is -2.18. The fourth-order valence-corrected chi connectivity index (χ4v) is 5.39. The first kappa shape index (κ1) is 17.9. The lowest BCUT2D eigenvalue weighted by atomic mass is 9.93. The first-order chi connectivity index (χ1) is 13.7. The number of nitrogens with one attached hydrogen (secondary N) is 1. The summed E-state index contributed by atoms with van der Waals surface area (Å²) in [6.07, 6.45) is 8.30. The van der Waals surface area contributed by atoms with Crippen molar-refractivity contribution in [3.05, 3.63) is 57.0 Å². The maximum absolute atomic E-state index is 13.1. The molecule has 1 aromatic carbocycles. The number of ether oxygens (including phenoxy) is 1. The van der Waals surface area contributed by atoms with E-state index in [0.29, 0.717) is 12.6 Å². The zero-order chi connectivity index (χ0) is 19.1. The molecule has 0 radical (unpaired) electrons. The minimum atomic E-state index is 0.115. The van der Waals surface area contributed by atoms with Crippen LogP contribution in [0.15, 0.2) is 35.4 Å². The first-order valence-corrected chi connectivity index (χ1v) is 10.9. The lowest BCUT2D eigenvalue weighted by Crippen LogP contribution is -2.35. The first-order valence-electron chi connectivity index (χ1n) is 10.1. The molecular formula is C22H25N3O2S. The summed E-state index contributed by atoms with van der Waals surface area (Å²) in [5.41, 5.74) is 2.56. The monoisotopic (exact) mass is 395 g/mol. The topological polar surface area (TPSA) is 56.2 Å². The third-order valence-corrected chi connectivity index (χ3v) is 7.05. The van der Waals surface area contributed by atoms with Gasteiger partial charge in [0.15, 0.2) is 0 Å². The Bertz CT molecular complexity index is 1050. The maximum atomic E-state index is 13.1. The maximum Gasteiger partial charge on any atom is 0.262 e. The SMILES string of the molecule is COc1ccc(CCn2cnc3sc4c(c3c2=O)CCC(NC2CC2)C4)cc1. The van der Waals surface area contributed by atoms with Crippen LogP contribution in [0.25, 0.3) is 10.2 Å². The highest BCUT2D eigenvalue weighted by molar-refractivity contribution is 7.18. The molecule has 6 heteroatoms. The second kappa shape index (κ2) is 7.33. The number of benzene rings is 1. The quantitative estimate of drug-likeness (QED) is 0.696. The number of thiophene rings is 1. The van der Waals surface area contributed by atoms with Crippen LogP contribution < -0.4 is 15.6 Å². The number of rotatable bonds is 6. The van der Waals surface area contributed by atoms with E-state index >= 15 is 0 Å². The number of nitrogens with zero attached hydrogens (tertiary/aromatic N) is 2. The van der Waals surface area contributed by atoms with Crippen molar-refractivity contribution in [3.8, 4) is 5.75 Å². The molecule has 1 atom stereocenters. The van der Waals surface area contributed by atoms with E-state index in [0.717, 1.165) is 47.7 Å². The second-order valence-corrected chi connectivity index (χ2v) is 8.99. The number of hydrogen-bond acceptors (Lipinski definition) is 5. The standard InChI is InChI=1S/C22H25N3O2S/c1-27-17-7-2-14(3-8-17)10-11-25-13-23-21-20(22(25)26)18-9-6-16(12-19(18)28-21)24-15-4-5-15/h2-3,7-8,13,15-16,24H,4-6,9-12H2,1H3. The van der Waals surface area contributed by atoms with Gasteiger partial charge < -0.3 is 10.1 Å². The Morgan fingerprint density at radius 1 is 1.21 bits per heavy atom. The third-order valence-electron chi connectivity index (χ3n) is 5.88. The smallest absolute Gasteiger partial charge is 0.262 e. The molecule has 0 saturated heterocycles. The van der Waals surface area contributed by atoms with Crippen molar-refractivity contribution in [2.75, 3.05) is 7.11 Å². The van der Waals surface area contributed by atoms with Gasteiger partial charge in [0.2, 0.25) is 0 Å². The van der Waals surface area contributed by atoms with Crippen LogP contribution in [-0.2, 0) is 25.8 Å². The summed E-state index contributed by atoms with van der Waals surface area (Å²) in [6, 6.07) is 9.31. The Morgan fingerprint density at radius 3 is 2.79 bits per heavy atom. The van der Waals surface area contributed by atoms with Crippen molar-refractivity contribution in [1.82, 2.24) is 14.9 Å². The molecule has 0 spiro atoms. The molecule has 1 unspecified atom stereocenters. The summed E-state index contributed by atoms with van der Waals surface area (Å²) in [4.78, 5) is 20.0. The Labute approximate surface area is 168 Å². The predicted octanol–water partition coefficient (Wildman–Crippen LogP) is 3.32. The van der Waals surface area contributed by atoms with E-state index in [2.05, 4.69) is 22.4 Å². The Kier molecular flexibility index (Phi) is 4.69. The minimum absolute atomic E-state index is 0.115. The highest BCUT2D eigenvalue weighted by Crippen LogP contribution is 2.34. The van der Waals surface area contributed by atoms with Crippen molar-refractivity contribution in [3.63, 3.8) is 0 Å². The van der Waals surface area contributed by atoms with Gasteiger partial charge in [0.25, 0.3) is 5.56 Å². The van der Waals surface area contributed by atoms with Crippen molar-refractivity contribution in [2.24, 2.45) is 0 Å². The molecule has 0 amide bonds. The molecule has 1 N–H and O–H groups in total. The summed E-state index contributed by atoms with van der Waals surface area (Å²) < 4.78 is 6.98. The van der Waals surface area contributed by atoms with Crippen LogP contribution in [0.4, 0.5) is 0 Å². The third kappa shape index (κ3) is 3.47. The average molecular weight is 396 g/mol.